The number of sulfonamides is 1. The van der Waals surface area contributed by atoms with E-state index in [2.05, 4.69) is 15.1 Å². The summed E-state index contributed by atoms with van der Waals surface area (Å²) in [4.78, 5) is 3.85. The van der Waals surface area contributed by atoms with Gasteiger partial charge in [-0.25, -0.2) is 24.0 Å². The van der Waals surface area contributed by atoms with Crippen LogP contribution >= 0.6 is 11.6 Å². The third kappa shape index (κ3) is 2.43. The molecule has 1 aliphatic carbocycles. The zero-order chi connectivity index (χ0) is 11.8. The Balaban J connectivity index is 2.29. The lowest BCUT2D eigenvalue weighted by Gasteiger charge is -2.07. The van der Waals surface area contributed by atoms with Gasteiger partial charge in [0.1, 0.15) is 4.90 Å². The second-order valence-corrected chi connectivity index (χ2v) is 5.66. The predicted molar refractivity (Wildman–Crippen MR) is 60.4 cm³/mol. The Morgan fingerprint density at radius 2 is 2.19 bits per heavy atom. The zero-order valence-electron chi connectivity index (χ0n) is 8.27. The van der Waals surface area contributed by atoms with Crippen LogP contribution in [0.25, 0.3) is 0 Å². The van der Waals surface area contributed by atoms with Gasteiger partial charge in [0.25, 0.3) is 0 Å². The third-order valence-electron chi connectivity index (χ3n) is 2.16. The fraction of sp³-hybridized carbons (Fsp3) is 0.375. The molecule has 1 saturated carbocycles. The summed E-state index contributed by atoms with van der Waals surface area (Å²) in [5.41, 5.74) is 2.27. The summed E-state index contributed by atoms with van der Waals surface area (Å²) in [6.45, 7) is 0. The molecule has 1 aromatic rings. The Kier molecular flexibility index (Phi) is 3.02. The molecule has 1 aliphatic rings. The standard InChI is InChI=1S/C8H11ClN4O2S/c9-7-3-6(4-11-8(7)12-10)16(14,15)13-5-1-2-5/h3-5,13H,1-2,10H2,(H,11,12). The number of aromatic nitrogens is 1. The highest BCUT2D eigenvalue weighted by molar-refractivity contribution is 7.89. The van der Waals surface area contributed by atoms with Crippen molar-refractivity contribution < 1.29 is 8.42 Å². The van der Waals surface area contributed by atoms with Crippen LogP contribution in [0, 0.1) is 0 Å². The maximum atomic E-state index is 11.8. The van der Waals surface area contributed by atoms with E-state index in [9.17, 15) is 8.42 Å². The van der Waals surface area contributed by atoms with Crippen LogP contribution in [0.2, 0.25) is 5.02 Å². The average molecular weight is 263 g/mol. The summed E-state index contributed by atoms with van der Waals surface area (Å²) in [6, 6.07) is 1.37. The summed E-state index contributed by atoms with van der Waals surface area (Å²) in [6.07, 6.45) is 2.97. The van der Waals surface area contributed by atoms with Gasteiger partial charge in [-0.3, -0.25) is 0 Å². The largest absolute Gasteiger partial charge is 0.307 e. The molecule has 0 bridgehead atoms. The van der Waals surface area contributed by atoms with Crippen LogP contribution in [0.3, 0.4) is 0 Å². The first-order valence-corrected chi connectivity index (χ1v) is 6.53. The Labute approximate surface area is 98.2 Å². The van der Waals surface area contributed by atoms with Crippen LogP contribution < -0.4 is 16.0 Å². The number of hydrazine groups is 1. The molecule has 2 rings (SSSR count). The molecule has 88 valence electrons. The number of anilines is 1. The number of nitrogens with two attached hydrogens (primary N) is 1. The molecular formula is C8H11ClN4O2S. The van der Waals surface area contributed by atoms with E-state index in [0.717, 1.165) is 12.8 Å². The lowest BCUT2D eigenvalue weighted by atomic mass is 10.5. The summed E-state index contributed by atoms with van der Waals surface area (Å²) in [5, 5.41) is 0.168. The Morgan fingerprint density at radius 1 is 1.50 bits per heavy atom. The lowest BCUT2D eigenvalue weighted by molar-refractivity contribution is 0.580. The fourth-order valence-corrected chi connectivity index (χ4v) is 2.72. The molecule has 8 heteroatoms. The van der Waals surface area contributed by atoms with Crippen molar-refractivity contribution in [3.8, 4) is 0 Å². The number of halogens is 1. The quantitative estimate of drug-likeness (QED) is 0.541. The van der Waals surface area contributed by atoms with Crippen molar-refractivity contribution in [2.24, 2.45) is 5.84 Å². The van der Waals surface area contributed by atoms with E-state index in [4.69, 9.17) is 17.4 Å². The number of rotatable bonds is 4. The topological polar surface area (TPSA) is 97.1 Å². The number of pyridine rings is 1. The summed E-state index contributed by atoms with van der Waals surface area (Å²) >= 11 is 5.79. The first kappa shape index (κ1) is 11.6. The Hall–Kier alpha value is -0.890. The molecule has 0 radical (unpaired) electrons. The van der Waals surface area contributed by atoms with Crippen LogP contribution in [-0.4, -0.2) is 19.4 Å². The van der Waals surface area contributed by atoms with Crippen molar-refractivity contribution in [1.29, 1.82) is 0 Å². The minimum Gasteiger partial charge on any atom is -0.307 e. The van der Waals surface area contributed by atoms with E-state index < -0.39 is 10.0 Å². The zero-order valence-corrected chi connectivity index (χ0v) is 9.85. The molecule has 0 atom stereocenters. The second-order valence-electron chi connectivity index (χ2n) is 3.54. The number of hydrogen-bond acceptors (Lipinski definition) is 5. The molecular weight excluding hydrogens is 252 g/mol. The van der Waals surface area contributed by atoms with E-state index in [-0.39, 0.29) is 21.8 Å². The van der Waals surface area contributed by atoms with Crippen molar-refractivity contribution in [2.45, 2.75) is 23.8 Å². The lowest BCUT2D eigenvalue weighted by Crippen LogP contribution is -2.26. The third-order valence-corrected chi connectivity index (χ3v) is 3.94. The highest BCUT2D eigenvalue weighted by atomic mass is 35.5. The van der Waals surface area contributed by atoms with Gasteiger partial charge in [-0.05, 0) is 18.9 Å². The van der Waals surface area contributed by atoms with E-state index in [1.165, 1.54) is 12.3 Å². The van der Waals surface area contributed by atoms with Crippen molar-refractivity contribution in [2.75, 3.05) is 5.43 Å². The minimum atomic E-state index is -3.51. The van der Waals surface area contributed by atoms with Gasteiger partial charge in [0.2, 0.25) is 10.0 Å². The number of nitrogens with zero attached hydrogens (tertiary/aromatic N) is 1. The molecule has 1 fully saturated rings. The summed E-state index contributed by atoms with van der Waals surface area (Å²) in [7, 11) is -3.51. The second kappa shape index (κ2) is 4.17. The van der Waals surface area contributed by atoms with Crippen LogP contribution in [0.5, 0.6) is 0 Å². The maximum absolute atomic E-state index is 11.8. The van der Waals surface area contributed by atoms with Crippen molar-refractivity contribution in [1.82, 2.24) is 9.71 Å². The number of nitrogens with one attached hydrogen (secondary N) is 2. The molecule has 0 unspecified atom stereocenters. The maximum Gasteiger partial charge on any atom is 0.242 e. The van der Waals surface area contributed by atoms with Gasteiger partial charge < -0.3 is 5.43 Å². The molecule has 6 nitrogen and oxygen atoms in total. The predicted octanol–water partition coefficient (Wildman–Crippen LogP) is 0.461. The van der Waals surface area contributed by atoms with Crippen LogP contribution in [0.1, 0.15) is 12.8 Å². The van der Waals surface area contributed by atoms with Crippen LogP contribution in [0.4, 0.5) is 5.82 Å². The molecule has 0 aromatic carbocycles. The molecule has 16 heavy (non-hydrogen) atoms. The van der Waals surface area contributed by atoms with Crippen molar-refractivity contribution in [3.05, 3.63) is 17.3 Å². The number of nitrogen functional groups attached to an aromatic ring is 1. The summed E-state index contributed by atoms with van der Waals surface area (Å²) < 4.78 is 26.1. The van der Waals surface area contributed by atoms with Crippen molar-refractivity contribution in [3.63, 3.8) is 0 Å². The number of hydrogen-bond donors (Lipinski definition) is 3. The molecule has 1 heterocycles. The van der Waals surface area contributed by atoms with Gasteiger partial charge in [0.15, 0.2) is 5.82 Å². The normalized spacial score (nSPS) is 16.1. The van der Waals surface area contributed by atoms with Crippen LogP contribution in [0.15, 0.2) is 17.2 Å². The molecule has 0 spiro atoms. The SMILES string of the molecule is NNc1ncc(S(=O)(=O)NC2CC2)cc1Cl. The van der Waals surface area contributed by atoms with E-state index in [1.54, 1.807) is 0 Å². The van der Waals surface area contributed by atoms with E-state index >= 15 is 0 Å². The first-order chi connectivity index (χ1) is 7.53. The van der Waals surface area contributed by atoms with Gasteiger partial charge in [0, 0.05) is 12.2 Å². The minimum absolute atomic E-state index is 0.0448. The van der Waals surface area contributed by atoms with Crippen LogP contribution in [-0.2, 0) is 10.0 Å². The van der Waals surface area contributed by atoms with Gasteiger partial charge in [0.05, 0.1) is 5.02 Å². The van der Waals surface area contributed by atoms with Gasteiger partial charge in [-0.15, -0.1) is 0 Å². The summed E-state index contributed by atoms with van der Waals surface area (Å²) in [5.74, 6) is 5.38. The smallest absolute Gasteiger partial charge is 0.242 e. The molecule has 0 aliphatic heterocycles. The Morgan fingerprint density at radius 3 is 2.69 bits per heavy atom. The van der Waals surface area contributed by atoms with E-state index in [0.29, 0.717) is 0 Å². The average Bonchev–Trinajstić information content (AvgIpc) is 3.01. The first-order valence-electron chi connectivity index (χ1n) is 4.67. The molecule has 0 amide bonds. The highest BCUT2D eigenvalue weighted by Crippen LogP contribution is 2.25. The Bertz CT molecular complexity index is 501. The molecule has 0 saturated heterocycles. The monoisotopic (exact) mass is 262 g/mol. The van der Waals surface area contributed by atoms with Gasteiger partial charge in [-0.1, -0.05) is 11.6 Å². The highest BCUT2D eigenvalue weighted by Gasteiger charge is 2.28. The fourth-order valence-electron chi connectivity index (χ4n) is 1.16. The van der Waals surface area contributed by atoms with E-state index in [1.807, 2.05) is 0 Å². The molecule has 1 aromatic heterocycles. The van der Waals surface area contributed by atoms with Crippen molar-refractivity contribution >= 4 is 27.4 Å². The molecule has 4 N–H and O–H groups in total. The van der Waals surface area contributed by atoms with Gasteiger partial charge in [-0.2, -0.15) is 0 Å². The van der Waals surface area contributed by atoms with Gasteiger partial charge >= 0.3 is 0 Å².